The van der Waals surface area contributed by atoms with Crippen LogP contribution in [0.4, 0.5) is 11.4 Å². The first-order valence-corrected chi connectivity index (χ1v) is 5.77. The number of hydrogen-bond acceptors (Lipinski definition) is 4. The van der Waals surface area contributed by atoms with Gasteiger partial charge in [-0.05, 0) is 36.4 Å². The van der Waals surface area contributed by atoms with Crippen LogP contribution in [0, 0.1) is 0 Å². The summed E-state index contributed by atoms with van der Waals surface area (Å²) < 4.78 is 0. The third-order valence-corrected chi connectivity index (χ3v) is 2.69. The van der Waals surface area contributed by atoms with E-state index in [-0.39, 0.29) is 22.6 Å². The van der Waals surface area contributed by atoms with Crippen LogP contribution in [0.5, 0.6) is 5.75 Å². The second-order valence-electron chi connectivity index (χ2n) is 4.17. The molecular weight excluding hydrogens is 258 g/mol. The van der Waals surface area contributed by atoms with Gasteiger partial charge in [-0.1, -0.05) is 6.07 Å². The van der Waals surface area contributed by atoms with Crippen LogP contribution in [-0.2, 0) is 0 Å². The lowest BCUT2D eigenvalue weighted by Crippen LogP contribution is -2.15. The molecule has 0 unspecified atom stereocenters. The standard InChI is InChI=1S/C14H13N3O3/c15-12-5-4-10(18)7-11(12)14(20)17-9-3-1-2-8(6-9)13(16)19/h1-7,18H,15H2,(H2,16,19)(H,17,20). The van der Waals surface area contributed by atoms with Gasteiger partial charge in [0.05, 0.1) is 5.56 Å². The maximum absolute atomic E-state index is 12.0. The van der Waals surface area contributed by atoms with E-state index in [1.54, 1.807) is 18.2 Å². The van der Waals surface area contributed by atoms with Gasteiger partial charge < -0.3 is 21.9 Å². The van der Waals surface area contributed by atoms with Crippen LogP contribution < -0.4 is 16.8 Å². The van der Waals surface area contributed by atoms with Crippen LogP contribution in [0.1, 0.15) is 20.7 Å². The zero-order valence-electron chi connectivity index (χ0n) is 10.5. The lowest BCUT2D eigenvalue weighted by atomic mass is 10.1. The Morgan fingerprint density at radius 1 is 1.10 bits per heavy atom. The highest BCUT2D eigenvalue weighted by Crippen LogP contribution is 2.20. The molecule has 0 radical (unpaired) electrons. The predicted octanol–water partition coefficient (Wildman–Crippen LogP) is 1.33. The summed E-state index contributed by atoms with van der Waals surface area (Å²) in [5.41, 5.74) is 11.9. The Kier molecular flexibility index (Phi) is 3.56. The van der Waals surface area contributed by atoms with Crippen molar-refractivity contribution in [2.75, 3.05) is 11.1 Å². The van der Waals surface area contributed by atoms with Crippen LogP contribution in [0.2, 0.25) is 0 Å². The smallest absolute Gasteiger partial charge is 0.257 e. The lowest BCUT2D eigenvalue weighted by Gasteiger charge is -2.08. The number of phenols is 1. The minimum absolute atomic E-state index is 0.0600. The molecule has 0 saturated heterocycles. The zero-order chi connectivity index (χ0) is 14.7. The number of benzene rings is 2. The molecule has 2 amide bonds. The number of phenolic OH excluding ortho intramolecular Hbond substituents is 1. The van der Waals surface area contributed by atoms with Crippen molar-refractivity contribution in [2.24, 2.45) is 5.73 Å². The van der Waals surface area contributed by atoms with Gasteiger partial charge in [0.1, 0.15) is 5.75 Å². The van der Waals surface area contributed by atoms with Crippen LogP contribution in [0.25, 0.3) is 0 Å². The SMILES string of the molecule is NC(=O)c1cccc(NC(=O)c2cc(O)ccc2N)c1. The largest absolute Gasteiger partial charge is 0.508 e. The summed E-state index contributed by atoms with van der Waals surface area (Å²) in [6.45, 7) is 0. The topological polar surface area (TPSA) is 118 Å². The maximum Gasteiger partial charge on any atom is 0.257 e. The van der Waals surface area contributed by atoms with Crippen molar-refractivity contribution in [1.82, 2.24) is 0 Å². The normalized spacial score (nSPS) is 10.0. The van der Waals surface area contributed by atoms with Gasteiger partial charge in [0, 0.05) is 16.9 Å². The molecule has 6 nitrogen and oxygen atoms in total. The van der Waals surface area contributed by atoms with E-state index in [0.717, 1.165) is 0 Å². The van der Waals surface area contributed by atoms with Crippen molar-refractivity contribution in [3.63, 3.8) is 0 Å². The number of carbonyl (C=O) groups is 2. The van der Waals surface area contributed by atoms with Crippen molar-refractivity contribution in [2.45, 2.75) is 0 Å². The van der Waals surface area contributed by atoms with Gasteiger partial charge in [-0.15, -0.1) is 0 Å². The third kappa shape index (κ3) is 2.86. The van der Waals surface area contributed by atoms with Gasteiger partial charge in [-0.3, -0.25) is 9.59 Å². The molecule has 20 heavy (non-hydrogen) atoms. The molecular formula is C14H13N3O3. The molecule has 0 aliphatic carbocycles. The summed E-state index contributed by atoms with van der Waals surface area (Å²) in [5.74, 6) is -1.13. The Bertz CT molecular complexity index is 683. The molecule has 102 valence electrons. The average molecular weight is 271 g/mol. The number of rotatable bonds is 3. The molecule has 6 N–H and O–H groups in total. The summed E-state index contributed by atoms with van der Waals surface area (Å²) in [4.78, 5) is 23.1. The second kappa shape index (κ2) is 5.31. The summed E-state index contributed by atoms with van der Waals surface area (Å²) in [7, 11) is 0. The molecule has 0 bridgehead atoms. The van der Waals surface area contributed by atoms with E-state index >= 15 is 0 Å². The van der Waals surface area contributed by atoms with E-state index in [2.05, 4.69) is 5.32 Å². The van der Waals surface area contributed by atoms with Gasteiger partial charge in [0.2, 0.25) is 5.91 Å². The van der Waals surface area contributed by atoms with E-state index in [1.807, 2.05) is 0 Å². The van der Waals surface area contributed by atoms with Crippen molar-refractivity contribution in [1.29, 1.82) is 0 Å². The van der Waals surface area contributed by atoms with E-state index in [4.69, 9.17) is 11.5 Å². The number of hydrogen-bond donors (Lipinski definition) is 4. The number of nitrogens with one attached hydrogen (secondary N) is 1. The zero-order valence-corrected chi connectivity index (χ0v) is 10.5. The Hall–Kier alpha value is -3.02. The highest BCUT2D eigenvalue weighted by molar-refractivity contribution is 6.08. The molecule has 6 heteroatoms. The molecule has 0 aromatic heterocycles. The number of aromatic hydroxyl groups is 1. The molecule has 2 aromatic carbocycles. The number of carbonyl (C=O) groups excluding carboxylic acids is 2. The highest BCUT2D eigenvalue weighted by atomic mass is 16.3. The van der Waals surface area contributed by atoms with Crippen molar-refractivity contribution >= 4 is 23.2 Å². The Morgan fingerprint density at radius 3 is 2.55 bits per heavy atom. The van der Waals surface area contributed by atoms with Gasteiger partial charge in [0.25, 0.3) is 5.91 Å². The predicted molar refractivity (Wildman–Crippen MR) is 75.4 cm³/mol. The minimum atomic E-state index is -0.585. The molecule has 0 atom stereocenters. The maximum atomic E-state index is 12.0. The van der Waals surface area contributed by atoms with Crippen LogP contribution in [-0.4, -0.2) is 16.9 Å². The van der Waals surface area contributed by atoms with Crippen molar-refractivity contribution in [3.8, 4) is 5.75 Å². The van der Waals surface area contributed by atoms with E-state index in [0.29, 0.717) is 5.69 Å². The Morgan fingerprint density at radius 2 is 1.85 bits per heavy atom. The monoisotopic (exact) mass is 271 g/mol. The van der Waals surface area contributed by atoms with E-state index in [1.165, 1.54) is 24.3 Å². The average Bonchev–Trinajstić information content (AvgIpc) is 2.41. The van der Waals surface area contributed by atoms with Gasteiger partial charge in [-0.2, -0.15) is 0 Å². The van der Waals surface area contributed by atoms with Gasteiger partial charge in [-0.25, -0.2) is 0 Å². The molecule has 0 spiro atoms. The molecule has 0 heterocycles. The fourth-order valence-corrected chi connectivity index (χ4v) is 1.69. The number of nitrogens with two attached hydrogens (primary N) is 2. The molecule has 0 aliphatic rings. The fourth-order valence-electron chi connectivity index (χ4n) is 1.69. The van der Waals surface area contributed by atoms with E-state index < -0.39 is 11.8 Å². The van der Waals surface area contributed by atoms with E-state index in [9.17, 15) is 14.7 Å². The number of anilines is 2. The molecule has 0 saturated carbocycles. The molecule has 0 fully saturated rings. The third-order valence-electron chi connectivity index (χ3n) is 2.69. The number of nitrogen functional groups attached to an aromatic ring is 1. The highest BCUT2D eigenvalue weighted by Gasteiger charge is 2.11. The lowest BCUT2D eigenvalue weighted by molar-refractivity contribution is 0.0996. The van der Waals surface area contributed by atoms with Gasteiger partial charge in [0.15, 0.2) is 0 Å². The fraction of sp³-hybridized carbons (Fsp3) is 0. The number of primary amides is 1. The van der Waals surface area contributed by atoms with Crippen molar-refractivity contribution in [3.05, 3.63) is 53.6 Å². The molecule has 2 aromatic rings. The summed E-state index contributed by atoms with van der Waals surface area (Å²) >= 11 is 0. The minimum Gasteiger partial charge on any atom is -0.508 e. The first kappa shape index (κ1) is 13.4. The van der Waals surface area contributed by atoms with Crippen LogP contribution in [0.3, 0.4) is 0 Å². The van der Waals surface area contributed by atoms with Crippen LogP contribution >= 0.6 is 0 Å². The quantitative estimate of drug-likeness (QED) is 0.497. The van der Waals surface area contributed by atoms with Gasteiger partial charge >= 0.3 is 0 Å². The van der Waals surface area contributed by atoms with Crippen molar-refractivity contribution < 1.29 is 14.7 Å². The number of amides is 2. The Balaban J connectivity index is 2.25. The molecule has 2 rings (SSSR count). The second-order valence-corrected chi connectivity index (χ2v) is 4.17. The summed E-state index contributed by atoms with van der Waals surface area (Å²) in [6.07, 6.45) is 0. The van der Waals surface area contributed by atoms with Crippen LogP contribution in [0.15, 0.2) is 42.5 Å². The molecule has 0 aliphatic heterocycles. The Labute approximate surface area is 115 Å². The summed E-state index contributed by atoms with van der Waals surface area (Å²) in [6, 6.07) is 10.3. The first-order valence-electron chi connectivity index (χ1n) is 5.77. The first-order chi connectivity index (χ1) is 9.47. The summed E-state index contributed by atoms with van der Waals surface area (Å²) in [5, 5.41) is 12.0.